The lowest BCUT2D eigenvalue weighted by atomic mass is 9.67. The predicted octanol–water partition coefficient (Wildman–Crippen LogP) is 10.1. The Bertz CT molecular complexity index is 2160. The second-order valence-electron chi connectivity index (χ2n) is 12.9. The van der Waals surface area contributed by atoms with Gasteiger partial charge in [-0.15, -0.1) is 0 Å². The molecule has 0 spiro atoms. The number of anilines is 2. The average molecular weight is 863 g/mol. The van der Waals surface area contributed by atoms with Crippen LogP contribution in [0, 0.1) is 0 Å². The van der Waals surface area contributed by atoms with Gasteiger partial charge in [0.15, 0.2) is 0 Å². The molecule has 0 aromatic heterocycles. The lowest BCUT2D eigenvalue weighted by Crippen LogP contribution is -2.28. The highest BCUT2D eigenvalue weighted by molar-refractivity contribution is 9.11. The van der Waals surface area contributed by atoms with Crippen LogP contribution in [-0.4, -0.2) is 52.5 Å². The van der Waals surface area contributed by atoms with E-state index >= 15 is 0 Å². The molecule has 0 atom stereocenters. The molecule has 278 valence electrons. The van der Waals surface area contributed by atoms with Crippen LogP contribution in [0.5, 0.6) is 11.5 Å². The summed E-state index contributed by atoms with van der Waals surface area (Å²) in [6.45, 7) is 1.75. The molecule has 0 unspecified atom stereocenters. The van der Waals surface area contributed by atoms with E-state index in [1.165, 1.54) is 0 Å². The topological polar surface area (TPSA) is 95.1 Å². The molecule has 2 amide bonds. The van der Waals surface area contributed by atoms with Crippen molar-refractivity contribution in [2.24, 2.45) is 0 Å². The van der Waals surface area contributed by atoms with Crippen LogP contribution in [0.3, 0.4) is 0 Å². The number of hydrogen-bond donors (Lipinski definition) is 2. The molecule has 0 heterocycles. The molecule has 0 saturated heterocycles. The van der Waals surface area contributed by atoms with Gasteiger partial charge in [0.2, 0.25) is 0 Å². The van der Waals surface area contributed by atoms with Gasteiger partial charge < -0.3 is 29.6 Å². The lowest BCUT2D eigenvalue weighted by Gasteiger charge is -2.34. The molecule has 0 saturated carbocycles. The van der Waals surface area contributed by atoms with Gasteiger partial charge in [0.25, 0.3) is 11.8 Å². The third-order valence-corrected chi connectivity index (χ3v) is 10.8. The molecule has 8 nitrogen and oxygen atoms in total. The molecular formula is C45H38Br2N2O6. The summed E-state index contributed by atoms with van der Waals surface area (Å²) >= 11 is 7.04. The van der Waals surface area contributed by atoms with Gasteiger partial charge in [0.1, 0.15) is 24.7 Å². The molecule has 0 fully saturated rings. The predicted molar refractivity (Wildman–Crippen MR) is 223 cm³/mol. The van der Waals surface area contributed by atoms with Gasteiger partial charge in [-0.1, -0.05) is 72.8 Å². The van der Waals surface area contributed by atoms with Crippen molar-refractivity contribution in [1.82, 2.24) is 0 Å². The van der Waals surface area contributed by atoms with E-state index in [0.29, 0.717) is 69.4 Å². The van der Waals surface area contributed by atoms with E-state index < -0.39 is 5.41 Å². The number of benzene rings is 6. The van der Waals surface area contributed by atoms with Crippen molar-refractivity contribution in [2.75, 3.05) is 51.3 Å². The highest BCUT2D eigenvalue weighted by Gasteiger charge is 2.45. The van der Waals surface area contributed by atoms with Crippen molar-refractivity contribution in [3.05, 3.63) is 176 Å². The monoisotopic (exact) mass is 860 g/mol. The largest absolute Gasteiger partial charge is 0.490 e. The first-order chi connectivity index (χ1) is 26.8. The summed E-state index contributed by atoms with van der Waals surface area (Å²) < 4.78 is 22.9. The van der Waals surface area contributed by atoms with Crippen LogP contribution in [0.25, 0.3) is 11.1 Å². The molecule has 7 rings (SSSR count). The van der Waals surface area contributed by atoms with Crippen molar-refractivity contribution in [3.63, 3.8) is 0 Å². The molecule has 0 aliphatic heterocycles. The van der Waals surface area contributed by atoms with Crippen LogP contribution in [0.2, 0.25) is 0 Å². The smallest absolute Gasteiger partial charge is 0.255 e. The van der Waals surface area contributed by atoms with E-state index in [2.05, 4.69) is 115 Å². The maximum Gasteiger partial charge on any atom is 0.255 e. The van der Waals surface area contributed by atoms with Gasteiger partial charge in [0, 0.05) is 36.7 Å². The maximum atomic E-state index is 13.3. The van der Waals surface area contributed by atoms with Gasteiger partial charge in [-0.05, 0) is 126 Å². The Kier molecular flexibility index (Phi) is 11.8. The third kappa shape index (κ3) is 7.81. The Morgan fingerprint density at radius 3 is 1.31 bits per heavy atom. The molecule has 0 radical (unpaired) electrons. The second-order valence-corrected chi connectivity index (χ2v) is 14.6. The summed E-state index contributed by atoms with van der Waals surface area (Å²) in [7, 11) is 3.24. The van der Waals surface area contributed by atoms with Gasteiger partial charge in [-0.3, -0.25) is 9.59 Å². The van der Waals surface area contributed by atoms with Crippen LogP contribution in [0.1, 0.15) is 43.0 Å². The number of hydrogen-bond acceptors (Lipinski definition) is 6. The summed E-state index contributed by atoms with van der Waals surface area (Å²) in [5.74, 6) is 0.803. The van der Waals surface area contributed by atoms with Gasteiger partial charge in [0.05, 0.1) is 27.6 Å². The first kappa shape index (κ1) is 38.0. The number of carbonyl (C=O) groups is 2. The Labute approximate surface area is 337 Å². The highest BCUT2D eigenvalue weighted by atomic mass is 79.9. The van der Waals surface area contributed by atoms with Crippen molar-refractivity contribution in [2.45, 2.75) is 5.41 Å². The Hall–Kier alpha value is -5.26. The van der Waals surface area contributed by atoms with Crippen LogP contribution in [0.4, 0.5) is 11.4 Å². The molecule has 6 aromatic carbocycles. The number of ether oxygens (including phenoxy) is 4. The lowest BCUT2D eigenvalue weighted by molar-refractivity contribution is 0.101. The van der Waals surface area contributed by atoms with Crippen LogP contribution >= 0.6 is 31.9 Å². The van der Waals surface area contributed by atoms with E-state index in [0.717, 1.165) is 33.4 Å². The molecule has 1 aliphatic rings. The number of methoxy groups -OCH3 is 2. The zero-order valence-electron chi connectivity index (χ0n) is 30.2. The zero-order chi connectivity index (χ0) is 38.4. The van der Waals surface area contributed by atoms with Gasteiger partial charge in [-0.25, -0.2) is 0 Å². The zero-order valence-corrected chi connectivity index (χ0v) is 33.4. The summed E-state index contributed by atoms with van der Waals surface area (Å²) in [6.07, 6.45) is 0. The SMILES string of the molecule is COCCOc1ccc(C(=O)Nc2ccc(C3(c4ccc(NC(=O)c5ccc(OCCOC)c(Br)c5)cc4)c4ccccc4-c4ccccc43)cc2)cc1Br. The number of rotatable bonds is 14. The molecule has 2 N–H and O–H groups in total. The fraction of sp³-hybridized carbons (Fsp3) is 0.156. The molecule has 6 aromatic rings. The van der Waals surface area contributed by atoms with E-state index in [1.807, 2.05) is 24.3 Å². The minimum absolute atomic E-state index is 0.237. The second kappa shape index (κ2) is 17.0. The van der Waals surface area contributed by atoms with Crippen LogP contribution < -0.4 is 20.1 Å². The number of amides is 2. The fourth-order valence-corrected chi connectivity index (χ4v) is 8.01. The first-order valence-corrected chi connectivity index (χ1v) is 19.3. The van der Waals surface area contributed by atoms with Crippen molar-refractivity contribution in [1.29, 1.82) is 0 Å². The Morgan fingerprint density at radius 1 is 0.527 bits per heavy atom. The Morgan fingerprint density at radius 2 is 0.927 bits per heavy atom. The van der Waals surface area contributed by atoms with Crippen LogP contribution in [0.15, 0.2) is 142 Å². The van der Waals surface area contributed by atoms with Crippen molar-refractivity contribution in [3.8, 4) is 22.6 Å². The van der Waals surface area contributed by atoms with Crippen LogP contribution in [-0.2, 0) is 14.9 Å². The highest BCUT2D eigenvalue weighted by Crippen LogP contribution is 2.56. The summed E-state index contributed by atoms with van der Waals surface area (Å²) in [5.41, 5.74) is 8.37. The minimum Gasteiger partial charge on any atom is -0.490 e. The molecular weight excluding hydrogens is 824 g/mol. The third-order valence-electron chi connectivity index (χ3n) is 9.58. The summed E-state index contributed by atoms with van der Waals surface area (Å²) in [6, 6.07) is 43.5. The van der Waals surface area contributed by atoms with E-state index in [9.17, 15) is 9.59 Å². The number of halogens is 2. The minimum atomic E-state index is -0.661. The summed E-state index contributed by atoms with van der Waals surface area (Å²) in [4.78, 5) is 26.7. The van der Waals surface area contributed by atoms with Crippen molar-refractivity contribution < 1.29 is 28.5 Å². The van der Waals surface area contributed by atoms with Gasteiger partial charge >= 0.3 is 0 Å². The Balaban J connectivity index is 1.17. The average Bonchev–Trinajstić information content (AvgIpc) is 3.51. The molecule has 0 bridgehead atoms. The molecule has 1 aliphatic carbocycles. The molecule has 55 heavy (non-hydrogen) atoms. The normalized spacial score (nSPS) is 12.4. The maximum absolute atomic E-state index is 13.3. The quantitative estimate of drug-likeness (QED) is 0.106. The number of fused-ring (bicyclic) bond motifs is 3. The van der Waals surface area contributed by atoms with E-state index in [1.54, 1.807) is 50.6 Å². The van der Waals surface area contributed by atoms with E-state index in [-0.39, 0.29) is 11.8 Å². The van der Waals surface area contributed by atoms with Gasteiger partial charge in [-0.2, -0.15) is 0 Å². The van der Waals surface area contributed by atoms with E-state index in [4.69, 9.17) is 18.9 Å². The number of carbonyl (C=O) groups excluding carboxylic acids is 2. The standard InChI is InChI=1S/C45H38Br2N2O6/c1-52-23-25-54-41-21-11-29(27-39(41)46)43(50)48-33-17-13-31(14-18-33)45(37-9-5-3-7-35(37)36-8-4-6-10-38(36)45)32-15-19-34(20-16-32)49-44(51)30-12-22-42(40(47)28-30)55-26-24-53-2/h3-22,27-28H,23-26H2,1-2H3,(H,48,50)(H,49,51). The first-order valence-electron chi connectivity index (χ1n) is 17.7. The fourth-order valence-electron chi connectivity index (χ4n) is 7.03. The van der Waals surface area contributed by atoms with Crippen molar-refractivity contribution >= 4 is 55.0 Å². The number of nitrogens with one attached hydrogen (secondary N) is 2. The summed E-state index contributed by atoms with van der Waals surface area (Å²) in [5, 5.41) is 6.09. The molecule has 10 heteroatoms.